The summed E-state index contributed by atoms with van der Waals surface area (Å²) in [5.74, 6) is 0.929. The average Bonchev–Trinajstić information content (AvgIpc) is 2.27. The van der Waals surface area contributed by atoms with Crippen LogP contribution in [0.2, 0.25) is 13.1 Å². The van der Waals surface area contributed by atoms with Gasteiger partial charge in [0.15, 0.2) is 0 Å². The van der Waals surface area contributed by atoms with Crippen LogP contribution in [0.15, 0.2) is 29.2 Å². The van der Waals surface area contributed by atoms with E-state index in [1.807, 2.05) is 19.1 Å². The molecule has 0 unspecified atom stereocenters. The predicted molar refractivity (Wildman–Crippen MR) is 72.8 cm³/mol. The van der Waals surface area contributed by atoms with E-state index in [9.17, 15) is 0 Å². The Labute approximate surface area is 103 Å². The summed E-state index contributed by atoms with van der Waals surface area (Å²) in [6.45, 7) is 7.15. The largest absolute Gasteiger partial charge is 0.494 e. The highest BCUT2D eigenvalue weighted by Crippen LogP contribution is 2.19. The SMILES string of the molecule is CCO[Si](C)(C)COc1ccc(SC)cc1. The Morgan fingerprint density at radius 2 is 1.81 bits per heavy atom. The van der Waals surface area contributed by atoms with Crippen molar-refractivity contribution in [3.05, 3.63) is 24.3 Å². The van der Waals surface area contributed by atoms with Gasteiger partial charge in [-0.3, -0.25) is 0 Å². The van der Waals surface area contributed by atoms with Crippen molar-refractivity contribution in [2.45, 2.75) is 24.9 Å². The molecule has 0 fully saturated rings. The summed E-state index contributed by atoms with van der Waals surface area (Å²) in [5, 5.41) is 0. The van der Waals surface area contributed by atoms with E-state index in [4.69, 9.17) is 9.16 Å². The van der Waals surface area contributed by atoms with Crippen LogP contribution in [0.1, 0.15) is 6.92 Å². The molecule has 0 aliphatic rings. The molecule has 16 heavy (non-hydrogen) atoms. The Bertz CT molecular complexity index is 311. The summed E-state index contributed by atoms with van der Waals surface area (Å²) in [6.07, 6.45) is 2.78. The van der Waals surface area contributed by atoms with E-state index in [1.165, 1.54) is 4.90 Å². The summed E-state index contributed by atoms with van der Waals surface area (Å²) in [4.78, 5) is 1.26. The Balaban J connectivity index is 2.48. The zero-order valence-electron chi connectivity index (χ0n) is 10.4. The van der Waals surface area contributed by atoms with Crippen molar-refractivity contribution >= 4 is 20.1 Å². The van der Waals surface area contributed by atoms with Gasteiger partial charge in [0.2, 0.25) is 8.32 Å². The van der Waals surface area contributed by atoms with Crippen molar-refractivity contribution in [1.29, 1.82) is 0 Å². The van der Waals surface area contributed by atoms with Crippen LogP contribution in [0.25, 0.3) is 0 Å². The molecular formula is C12H20O2SSi. The summed E-state index contributed by atoms with van der Waals surface area (Å²) < 4.78 is 11.5. The number of thioether (sulfide) groups is 1. The Hall–Kier alpha value is -0.453. The number of ether oxygens (including phenoxy) is 1. The van der Waals surface area contributed by atoms with E-state index in [0.29, 0.717) is 6.23 Å². The van der Waals surface area contributed by atoms with Crippen LogP contribution in [-0.4, -0.2) is 27.4 Å². The minimum Gasteiger partial charge on any atom is -0.494 e. The third-order valence-corrected chi connectivity index (χ3v) is 4.83. The van der Waals surface area contributed by atoms with Crippen LogP contribution in [0.4, 0.5) is 0 Å². The molecule has 0 aliphatic carbocycles. The maximum atomic E-state index is 5.75. The van der Waals surface area contributed by atoms with E-state index in [1.54, 1.807) is 11.8 Å². The van der Waals surface area contributed by atoms with Crippen molar-refractivity contribution in [3.8, 4) is 5.75 Å². The highest BCUT2D eigenvalue weighted by atomic mass is 32.2. The summed E-state index contributed by atoms with van der Waals surface area (Å²) in [6, 6.07) is 8.19. The lowest BCUT2D eigenvalue weighted by Crippen LogP contribution is -2.38. The monoisotopic (exact) mass is 256 g/mol. The van der Waals surface area contributed by atoms with Gasteiger partial charge in [0, 0.05) is 11.5 Å². The highest BCUT2D eigenvalue weighted by molar-refractivity contribution is 7.98. The fourth-order valence-electron chi connectivity index (χ4n) is 1.36. The first-order valence-electron chi connectivity index (χ1n) is 5.48. The first-order chi connectivity index (χ1) is 7.57. The van der Waals surface area contributed by atoms with Crippen LogP contribution in [0.3, 0.4) is 0 Å². The minimum atomic E-state index is -1.64. The molecule has 0 heterocycles. The Kier molecular flexibility index (Phi) is 5.38. The van der Waals surface area contributed by atoms with Crippen LogP contribution in [0, 0.1) is 0 Å². The Morgan fingerprint density at radius 3 is 2.31 bits per heavy atom. The molecule has 0 atom stereocenters. The van der Waals surface area contributed by atoms with E-state index in [-0.39, 0.29) is 0 Å². The molecule has 0 aliphatic heterocycles. The highest BCUT2D eigenvalue weighted by Gasteiger charge is 2.22. The summed E-state index contributed by atoms with van der Waals surface area (Å²) in [5.41, 5.74) is 0. The Morgan fingerprint density at radius 1 is 1.19 bits per heavy atom. The lowest BCUT2D eigenvalue weighted by Gasteiger charge is -2.22. The molecule has 0 spiro atoms. The number of benzene rings is 1. The third-order valence-electron chi connectivity index (χ3n) is 2.18. The van der Waals surface area contributed by atoms with Gasteiger partial charge >= 0.3 is 0 Å². The molecule has 1 aromatic carbocycles. The molecule has 0 saturated carbocycles. The number of hydrogen-bond acceptors (Lipinski definition) is 3. The van der Waals surface area contributed by atoms with E-state index in [2.05, 4.69) is 31.5 Å². The maximum absolute atomic E-state index is 5.75. The molecule has 4 heteroatoms. The lowest BCUT2D eigenvalue weighted by molar-refractivity contribution is 0.284. The molecule has 90 valence electrons. The fourth-order valence-corrected chi connectivity index (χ4v) is 3.15. The van der Waals surface area contributed by atoms with Crippen molar-refractivity contribution in [3.63, 3.8) is 0 Å². The van der Waals surface area contributed by atoms with Crippen LogP contribution in [0.5, 0.6) is 5.75 Å². The van der Waals surface area contributed by atoms with Gasteiger partial charge in [0.25, 0.3) is 0 Å². The topological polar surface area (TPSA) is 18.5 Å². The van der Waals surface area contributed by atoms with Gasteiger partial charge in [-0.2, -0.15) is 0 Å². The van der Waals surface area contributed by atoms with Crippen molar-refractivity contribution in [2.24, 2.45) is 0 Å². The molecular weight excluding hydrogens is 236 g/mol. The minimum absolute atomic E-state index is 0.708. The molecule has 0 bridgehead atoms. The van der Waals surface area contributed by atoms with Gasteiger partial charge in [-0.05, 0) is 50.5 Å². The predicted octanol–water partition coefficient (Wildman–Crippen LogP) is 3.57. The van der Waals surface area contributed by atoms with Crippen molar-refractivity contribution in [2.75, 3.05) is 19.1 Å². The number of hydrogen-bond donors (Lipinski definition) is 0. The van der Waals surface area contributed by atoms with Gasteiger partial charge in [0.05, 0.1) is 0 Å². The van der Waals surface area contributed by atoms with Gasteiger partial charge in [0.1, 0.15) is 12.0 Å². The van der Waals surface area contributed by atoms with Crippen molar-refractivity contribution in [1.82, 2.24) is 0 Å². The van der Waals surface area contributed by atoms with Crippen LogP contribution >= 0.6 is 11.8 Å². The van der Waals surface area contributed by atoms with E-state index >= 15 is 0 Å². The molecule has 1 aromatic rings. The molecule has 2 nitrogen and oxygen atoms in total. The smallest absolute Gasteiger partial charge is 0.224 e. The second kappa shape index (κ2) is 6.32. The second-order valence-electron chi connectivity index (χ2n) is 4.16. The second-order valence-corrected chi connectivity index (χ2v) is 9.13. The van der Waals surface area contributed by atoms with Crippen molar-refractivity contribution < 1.29 is 9.16 Å². The summed E-state index contributed by atoms with van der Waals surface area (Å²) >= 11 is 1.74. The van der Waals surface area contributed by atoms with Gasteiger partial charge in [-0.15, -0.1) is 11.8 Å². The average molecular weight is 256 g/mol. The normalized spacial score (nSPS) is 11.5. The fraction of sp³-hybridized carbons (Fsp3) is 0.500. The first kappa shape index (κ1) is 13.6. The van der Waals surface area contributed by atoms with Gasteiger partial charge in [-0.1, -0.05) is 0 Å². The molecule has 0 amide bonds. The lowest BCUT2D eigenvalue weighted by atomic mass is 10.3. The molecule has 0 saturated heterocycles. The molecule has 0 radical (unpaired) electrons. The van der Waals surface area contributed by atoms with E-state index < -0.39 is 8.32 Å². The first-order valence-corrected chi connectivity index (χ1v) is 9.82. The quantitative estimate of drug-likeness (QED) is 0.572. The van der Waals surface area contributed by atoms with Crippen LogP contribution < -0.4 is 4.74 Å². The zero-order valence-corrected chi connectivity index (χ0v) is 12.3. The standard InChI is InChI=1S/C12H20O2SSi/c1-5-14-16(3,4)10-13-11-6-8-12(15-2)9-7-11/h6-9H,5,10H2,1-4H3. The molecule has 0 N–H and O–H groups in total. The maximum Gasteiger partial charge on any atom is 0.224 e. The third kappa shape index (κ3) is 4.59. The van der Waals surface area contributed by atoms with E-state index in [0.717, 1.165) is 12.4 Å². The summed E-state index contributed by atoms with van der Waals surface area (Å²) in [7, 11) is -1.64. The van der Waals surface area contributed by atoms with Crippen LogP contribution in [-0.2, 0) is 4.43 Å². The molecule has 1 rings (SSSR count). The number of rotatable bonds is 6. The van der Waals surface area contributed by atoms with Gasteiger partial charge in [-0.25, -0.2) is 0 Å². The zero-order chi connectivity index (χ0) is 12.0. The molecule has 0 aromatic heterocycles. The van der Waals surface area contributed by atoms with Gasteiger partial charge < -0.3 is 9.16 Å².